The molecule has 4 rings (SSSR count). The smallest absolute Gasteiger partial charge is 0.0337 e. The molecule has 0 bridgehead atoms. The van der Waals surface area contributed by atoms with Gasteiger partial charge in [0.2, 0.25) is 0 Å². The molecule has 2 atom stereocenters. The number of piperazine rings is 1. The predicted octanol–water partition coefficient (Wildman–Crippen LogP) is 2.22. The number of hydrogen-bond acceptors (Lipinski definition) is 3. The molecule has 2 aliphatic heterocycles. The molecule has 20 heavy (non-hydrogen) atoms. The number of nitrogens with one attached hydrogen (secondary N) is 1. The summed E-state index contributed by atoms with van der Waals surface area (Å²) < 4.78 is 0. The van der Waals surface area contributed by atoms with Gasteiger partial charge in [0.05, 0.1) is 0 Å². The Morgan fingerprint density at radius 2 is 1.85 bits per heavy atom. The van der Waals surface area contributed by atoms with Gasteiger partial charge in [-0.3, -0.25) is 9.80 Å². The van der Waals surface area contributed by atoms with Crippen molar-refractivity contribution < 1.29 is 0 Å². The highest BCUT2D eigenvalue weighted by Gasteiger charge is 2.47. The zero-order valence-corrected chi connectivity index (χ0v) is 13.1. The first-order valence-electron chi connectivity index (χ1n) is 9.02. The number of hydrogen-bond donors (Lipinski definition) is 1. The van der Waals surface area contributed by atoms with Gasteiger partial charge in [0.25, 0.3) is 0 Å². The van der Waals surface area contributed by atoms with E-state index in [0.717, 1.165) is 18.1 Å². The van der Waals surface area contributed by atoms with Crippen LogP contribution in [0.5, 0.6) is 0 Å². The Labute approximate surface area is 124 Å². The number of likely N-dealkylation sites (tertiary alicyclic amines) is 1. The Kier molecular flexibility index (Phi) is 3.56. The van der Waals surface area contributed by atoms with Gasteiger partial charge in [-0.2, -0.15) is 0 Å². The molecule has 1 N–H and O–H groups in total. The molecule has 2 saturated heterocycles. The van der Waals surface area contributed by atoms with Gasteiger partial charge in [-0.1, -0.05) is 19.3 Å². The second-order valence-electron chi connectivity index (χ2n) is 7.82. The van der Waals surface area contributed by atoms with Gasteiger partial charge < -0.3 is 5.32 Å². The van der Waals surface area contributed by atoms with Crippen LogP contribution in [0.4, 0.5) is 0 Å². The molecule has 2 unspecified atom stereocenters. The molecule has 114 valence electrons. The van der Waals surface area contributed by atoms with Crippen molar-refractivity contribution in [1.82, 2.24) is 15.1 Å². The normalized spacial score (nSPS) is 39.5. The van der Waals surface area contributed by atoms with Crippen LogP contribution < -0.4 is 5.32 Å². The van der Waals surface area contributed by atoms with Crippen molar-refractivity contribution >= 4 is 0 Å². The van der Waals surface area contributed by atoms with E-state index in [9.17, 15) is 0 Å². The van der Waals surface area contributed by atoms with Crippen LogP contribution in [0, 0.1) is 0 Å². The van der Waals surface area contributed by atoms with Crippen molar-refractivity contribution in [2.75, 3.05) is 26.2 Å². The number of nitrogens with zero attached hydrogens (tertiary/aromatic N) is 2. The summed E-state index contributed by atoms with van der Waals surface area (Å²) in [4.78, 5) is 5.78. The lowest BCUT2D eigenvalue weighted by Gasteiger charge is -2.52. The lowest BCUT2D eigenvalue weighted by atomic mass is 9.78. The highest BCUT2D eigenvalue weighted by Crippen LogP contribution is 2.40. The molecule has 0 amide bonds. The molecule has 0 aromatic rings. The van der Waals surface area contributed by atoms with Gasteiger partial charge in [0, 0.05) is 49.8 Å². The molecule has 0 aromatic carbocycles. The van der Waals surface area contributed by atoms with E-state index in [0.29, 0.717) is 5.54 Å². The fourth-order valence-electron chi connectivity index (χ4n) is 5.27. The molecular formula is C17H31N3. The lowest BCUT2D eigenvalue weighted by molar-refractivity contribution is -0.00462. The van der Waals surface area contributed by atoms with E-state index < -0.39 is 0 Å². The van der Waals surface area contributed by atoms with Crippen molar-refractivity contribution in [2.45, 2.75) is 82.0 Å². The van der Waals surface area contributed by atoms with Gasteiger partial charge in [0.15, 0.2) is 0 Å². The third-order valence-electron chi connectivity index (χ3n) is 6.43. The third kappa shape index (κ3) is 2.32. The summed E-state index contributed by atoms with van der Waals surface area (Å²) in [5, 5.41) is 3.70. The molecule has 2 heterocycles. The third-order valence-corrected chi connectivity index (χ3v) is 6.43. The minimum atomic E-state index is 0.514. The maximum atomic E-state index is 3.70. The molecule has 0 aromatic heterocycles. The first-order chi connectivity index (χ1) is 9.78. The highest BCUT2D eigenvalue weighted by atomic mass is 15.3. The Morgan fingerprint density at radius 3 is 2.60 bits per heavy atom. The van der Waals surface area contributed by atoms with E-state index in [1.165, 1.54) is 77.5 Å². The van der Waals surface area contributed by atoms with Gasteiger partial charge in [-0.15, -0.1) is 0 Å². The van der Waals surface area contributed by atoms with Crippen LogP contribution in [-0.4, -0.2) is 59.6 Å². The van der Waals surface area contributed by atoms with Gasteiger partial charge in [-0.05, 0) is 39.0 Å². The van der Waals surface area contributed by atoms with Crippen LogP contribution in [0.2, 0.25) is 0 Å². The van der Waals surface area contributed by atoms with Gasteiger partial charge >= 0.3 is 0 Å². The Hall–Kier alpha value is -0.120. The summed E-state index contributed by atoms with van der Waals surface area (Å²) >= 11 is 0. The van der Waals surface area contributed by atoms with E-state index in [1.54, 1.807) is 0 Å². The van der Waals surface area contributed by atoms with Crippen molar-refractivity contribution in [2.24, 2.45) is 0 Å². The first kappa shape index (κ1) is 13.5. The van der Waals surface area contributed by atoms with E-state index >= 15 is 0 Å². The summed E-state index contributed by atoms with van der Waals surface area (Å²) in [6.45, 7) is 7.56. The van der Waals surface area contributed by atoms with Crippen molar-refractivity contribution in [3.8, 4) is 0 Å². The second-order valence-corrected chi connectivity index (χ2v) is 7.82. The van der Waals surface area contributed by atoms with Gasteiger partial charge in [-0.25, -0.2) is 0 Å². The fourth-order valence-corrected chi connectivity index (χ4v) is 5.27. The zero-order chi connectivity index (χ0) is 13.6. The first-order valence-corrected chi connectivity index (χ1v) is 9.02. The molecule has 3 heteroatoms. The molecule has 1 spiro atoms. The van der Waals surface area contributed by atoms with E-state index in [4.69, 9.17) is 0 Å². The van der Waals surface area contributed by atoms with Crippen LogP contribution in [0.1, 0.15) is 58.3 Å². The average Bonchev–Trinajstić information content (AvgIpc) is 3.24. The van der Waals surface area contributed by atoms with Crippen LogP contribution >= 0.6 is 0 Å². The molecule has 3 nitrogen and oxygen atoms in total. The topological polar surface area (TPSA) is 18.5 Å². The zero-order valence-electron chi connectivity index (χ0n) is 13.1. The van der Waals surface area contributed by atoms with Crippen LogP contribution in [0.15, 0.2) is 0 Å². The van der Waals surface area contributed by atoms with Crippen LogP contribution in [0.3, 0.4) is 0 Å². The second kappa shape index (κ2) is 5.26. The minimum absolute atomic E-state index is 0.514. The summed E-state index contributed by atoms with van der Waals surface area (Å²) in [7, 11) is 0. The molecule has 2 saturated carbocycles. The Balaban J connectivity index is 1.50. The summed E-state index contributed by atoms with van der Waals surface area (Å²) in [6, 6.07) is 2.61. The molecule has 4 fully saturated rings. The average molecular weight is 277 g/mol. The summed E-state index contributed by atoms with van der Waals surface area (Å²) in [5.74, 6) is 0. The predicted molar refractivity (Wildman–Crippen MR) is 83.0 cm³/mol. The quantitative estimate of drug-likeness (QED) is 0.835. The lowest BCUT2D eigenvalue weighted by Crippen LogP contribution is -2.65. The molecule has 4 aliphatic rings. The maximum absolute atomic E-state index is 3.70. The SMILES string of the molecule is CC1CC(N2CCNCC23CCCCC3)CN1C1CC1. The summed E-state index contributed by atoms with van der Waals surface area (Å²) in [6.07, 6.45) is 11.6. The molecule has 0 radical (unpaired) electrons. The van der Waals surface area contributed by atoms with Gasteiger partial charge in [0.1, 0.15) is 0 Å². The van der Waals surface area contributed by atoms with E-state index in [1.807, 2.05) is 0 Å². The minimum Gasteiger partial charge on any atom is -0.314 e. The highest BCUT2D eigenvalue weighted by molar-refractivity contribution is 5.05. The molecular weight excluding hydrogens is 246 g/mol. The van der Waals surface area contributed by atoms with Crippen molar-refractivity contribution in [3.05, 3.63) is 0 Å². The van der Waals surface area contributed by atoms with E-state index in [2.05, 4.69) is 22.0 Å². The van der Waals surface area contributed by atoms with Crippen LogP contribution in [0.25, 0.3) is 0 Å². The Morgan fingerprint density at radius 1 is 1.05 bits per heavy atom. The van der Waals surface area contributed by atoms with Crippen LogP contribution in [-0.2, 0) is 0 Å². The number of rotatable bonds is 2. The molecule has 2 aliphatic carbocycles. The monoisotopic (exact) mass is 277 g/mol. The largest absolute Gasteiger partial charge is 0.314 e. The Bertz CT molecular complexity index is 338. The van der Waals surface area contributed by atoms with Crippen molar-refractivity contribution in [3.63, 3.8) is 0 Å². The standard InChI is InChI=1S/C17H31N3/c1-14-11-16(12-19(14)15-5-6-15)20-10-9-18-13-17(20)7-3-2-4-8-17/h14-16,18H,2-13H2,1H3. The maximum Gasteiger partial charge on any atom is 0.0337 e. The van der Waals surface area contributed by atoms with Crippen molar-refractivity contribution in [1.29, 1.82) is 0 Å². The fraction of sp³-hybridized carbons (Fsp3) is 1.00. The van der Waals surface area contributed by atoms with E-state index in [-0.39, 0.29) is 0 Å². The summed E-state index contributed by atoms with van der Waals surface area (Å²) in [5.41, 5.74) is 0.514.